The van der Waals surface area contributed by atoms with Crippen LogP contribution in [0.25, 0.3) is 0 Å². The Morgan fingerprint density at radius 1 is 1.69 bits per heavy atom. The minimum absolute atomic E-state index is 0.135. The molecule has 1 rings (SSSR count). The van der Waals surface area contributed by atoms with Gasteiger partial charge < -0.3 is 9.88 Å². The molecule has 0 bridgehead atoms. The Bertz CT molecular complexity index is 418. The van der Waals surface area contributed by atoms with Gasteiger partial charge in [-0.3, -0.25) is 4.79 Å². The number of rotatable bonds is 5. The number of aromatic nitrogens is 2. The molecule has 0 aliphatic heterocycles. The first-order valence-corrected chi connectivity index (χ1v) is 5.12. The molecule has 0 aliphatic rings. The van der Waals surface area contributed by atoms with Crippen molar-refractivity contribution in [2.24, 2.45) is 0 Å². The van der Waals surface area contributed by atoms with E-state index in [1.165, 1.54) is 0 Å². The molecule has 0 aliphatic carbocycles. The van der Waals surface area contributed by atoms with Gasteiger partial charge in [-0.2, -0.15) is 0 Å². The molecule has 1 N–H and O–H groups in total. The third-order valence-corrected chi connectivity index (χ3v) is 2.27. The number of amides is 1. The zero-order valence-corrected chi connectivity index (χ0v) is 9.79. The first-order chi connectivity index (χ1) is 7.56. The standard InChI is InChI=1S/C12H17N3O/c1-5-6-15-10(4)13-7-11(15)8-14-12(16)9(2)3/h5,7H,1-2,6,8H2,3-4H3,(H,14,16). The summed E-state index contributed by atoms with van der Waals surface area (Å²) in [6.45, 7) is 12.0. The predicted molar refractivity (Wildman–Crippen MR) is 63.8 cm³/mol. The molecule has 0 spiro atoms. The highest BCUT2D eigenvalue weighted by atomic mass is 16.1. The highest BCUT2D eigenvalue weighted by Crippen LogP contribution is 2.05. The lowest BCUT2D eigenvalue weighted by Crippen LogP contribution is -2.24. The molecule has 16 heavy (non-hydrogen) atoms. The van der Waals surface area contributed by atoms with E-state index in [0.29, 0.717) is 18.7 Å². The van der Waals surface area contributed by atoms with Gasteiger partial charge in [0.05, 0.1) is 18.4 Å². The maximum atomic E-state index is 11.3. The van der Waals surface area contributed by atoms with Gasteiger partial charge in [-0.15, -0.1) is 6.58 Å². The fourth-order valence-electron chi connectivity index (χ4n) is 1.36. The first-order valence-electron chi connectivity index (χ1n) is 5.12. The molecule has 0 aromatic carbocycles. The summed E-state index contributed by atoms with van der Waals surface area (Å²) in [5, 5.41) is 2.78. The van der Waals surface area contributed by atoms with E-state index >= 15 is 0 Å². The molecule has 1 aromatic rings. The fraction of sp³-hybridized carbons (Fsp3) is 0.333. The molecular weight excluding hydrogens is 202 g/mol. The van der Waals surface area contributed by atoms with Crippen molar-refractivity contribution < 1.29 is 4.79 Å². The minimum Gasteiger partial charge on any atom is -0.347 e. The van der Waals surface area contributed by atoms with Gasteiger partial charge >= 0.3 is 0 Å². The number of hydrogen-bond acceptors (Lipinski definition) is 2. The third kappa shape index (κ3) is 2.82. The fourth-order valence-corrected chi connectivity index (χ4v) is 1.36. The van der Waals surface area contributed by atoms with E-state index in [1.54, 1.807) is 19.2 Å². The zero-order chi connectivity index (χ0) is 12.1. The van der Waals surface area contributed by atoms with Crippen LogP contribution in [0.1, 0.15) is 18.4 Å². The van der Waals surface area contributed by atoms with E-state index in [-0.39, 0.29) is 5.91 Å². The summed E-state index contributed by atoms with van der Waals surface area (Å²) in [6, 6.07) is 0. The van der Waals surface area contributed by atoms with Crippen LogP contribution in [0.5, 0.6) is 0 Å². The second kappa shape index (κ2) is 5.30. The Morgan fingerprint density at radius 2 is 2.38 bits per heavy atom. The van der Waals surface area contributed by atoms with Crippen molar-refractivity contribution in [3.63, 3.8) is 0 Å². The molecular formula is C12H17N3O. The van der Waals surface area contributed by atoms with Gasteiger partial charge in [0, 0.05) is 12.1 Å². The molecule has 0 saturated carbocycles. The number of carbonyl (C=O) groups excluding carboxylic acids is 1. The monoisotopic (exact) mass is 219 g/mol. The summed E-state index contributed by atoms with van der Waals surface area (Å²) in [5.74, 6) is 0.781. The lowest BCUT2D eigenvalue weighted by molar-refractivity contribution is -0.117. The molecule has 1 amide bonds. The number of allylic oxidation sites excluding steroid dienone is 1. The van der Waals surface area contributed by atoms with E-state index in [1.807, 2.05) is 11.5 Å². The number of carbonyl (C=O) groups is 1. The molecule has 0 radical (unpaired) electrons. The lowest BCUT2D eigenvalue weighted by Gasteiger charge is -2.08. The molecule has 0 unspecified atom stereocenters. The number of aryl methyl sites for hydroxylation is 1. The average molecular weight is 219 g/mol. The molecule has 1 aromatic heterocycles. The zero-order valence-electron chi connectivity index (χ0n) is 9.79. The van der Waals surface area contributed by atoms with Crippen LogP contribution in [0.15, 0.2) is 31.0 Å². The van der Waals surface area contributed by atoms with Crippen molar-refractivity contribution in [1.29, 1.82) is 0 Å². The summed E-state index contributed by atoms with van der Waals surface area (Å²) in [6.07, 6.45) is 3.57. The van der Waals surface area contributed by atoms with E-state index in [9.17, 15) is 4.79 Å². The van der Waals surface area contributed by atoms with Crippen LogP contribution >= 0.6 is 0 Å². The number of nitrogens with zero attached hydrogens (tertiary/aromatic N) is 2. The van der Waals surface area contributed by atoms with E-state index < -0.39 is 0 Å². The highest BCUT2D eigenvalue weighted by Gasteiger charge is 2.07. The Hall–Kier alpha value is -1.84. The average Bonchev–Trinajstić information content (AvgIpc) is 2.58. The number of imidazole rings is 1. The van der Waals surface area contributed by atoms with Crippen molar-refractivity contribution >= 4 is 5.91 Å². The maximum absolute atomic E-state index is 11.3. The molecule has 1 heterocycles. The largest absolute Gasteiger partial charge is 0.347 e. The summed E-state index contributed by atoms with van der Waals surface area (Å²) < 4.78 is 2.01. The van der Waals surface area contributed by atoms with Gasteiger partial charge in [-0.1, -0.05) is 12.7 Å². The van der Waals surface area contributed by atoms with Gasteiger partial charge in [0.1, 0.15) is 5.82 Å². The van der Waals surface area contributed by atoms with Crippen molar-refractivity contribution in [3.8, 4) is 0 Å². The van der Waals surface area contributed by atoms with Gasteiger partial charge in [0.25, 0.3) is 0 Å². The van der Waals surface area contributed by atoms with Crippen LogP contribution < -0.4 is 5.32 Å². The van der Waals surface area contributed by atoms with Crippen molar-refractivity contribution in [1.82, 2.24) is 14.9 Å². The van der Waals surface area contributed by atoms with Gasteiger partial charge in [0.2, 0.25) is 5.91 Å². The summed E-state index contributed by atoms with van der Waals surface area (Å²) in [7, 11) is 0. The summed E-state index contributed by atoms with van der Waals surface area (Å²) >= 11 is 0. The Balaban J connectivity index is 2.70. The van der Waals surface area contributed by atoms with Crippen LogP contribution in [0.3, 0.4) is 0 Å². The molecule has 0 atom stereocenters. The highest BCUT2D eigenvalue weighted by molar-refractivity contribution is 5.91. The lowest BCUT2D eigenvalue weighted by atomic mass is 10.3. The van der Waals surface area contributed by atoms with E-state index in [4.69, 9.17) is 0 Å². The molecule has 0 fully saturated rings. The molecule has 86 valence electrons. The minimum atomic E-state index is -0.135. The maximum Gasteiger partial charge on any atom is 0.246 e. The summed E-state index contributed by atoms with van der Waals surface area (Å²) in [5.41, 5.74) is 1.47. The Kier molecular flexibility index (Phi) is 4.05. The quantitative estimate of drug-likeness (QED) is 0.603. The van der Waals surface area contributed by atoms with Crippen LogP contribution in [-0.2, 0) is 17.9 Å². The van der Waals surface area contributed by atoms with E-state index in [0.717, 1.165) is 11.5 Å². The molecule has 4 heteroatoms. The normalized spacial score (nSPS) is 9.88. The van der Waals surface area contributed by atoms with Gasteiger partial charge in [-0.05, 0) is 13.8 Å². The molecule has 4 nitrogen and oxygen atoms in total. The summed E-state index contributed by atoms with van der Waals surface area (Å²) in [4.78, 5) is 15.5. The Labute approximate surface area is 95.7 Å². The topological polar surface area (TPSA) is 46.9 Å². The van der Waals surface area contributed by atoms with E-state index in [2.05, 4.69) is 23.5 Å². The van der Waals surface area contributed by atoms with Crippen molar-refractivity contribution in [2.45, 2.75) is 26.9 Å². The van der Waals surface area contributed by atoms with Gasteiger partial charge in [0.15, 0.2) is 0 Å². The van der Waals surface area contributed by atoms with Crippen LogP contribution in [0.4, 0.5) is 0 Å². The number of nitrogens with one attached hydrogen (secondary N) is 1. The smallest absolute Gasteiger partial charge is 0.246 e. The predicted octanol–water partition coefficient (Wildman–Crippen LogP) is 1.57. The third-order valence-electron chi connectivity index (χ3n) is 2.27. The van der Waals surface area contributed by atoms with Gasteiger partial charge in [-0.25, -0.2) is 4.98 Å². The number of hydrogen-bond donors (Lipinski definition) is 1. The Morgan fingerprint density at radius 3 is 2.94 bits per heavy atom. The second-order valence-corrected chi connectivity index (χ2v) is 3.66. The van der Waals surface area contributed by atoms with Crippen LogP contribution in [0, 0.1) is 6.92 Å². The molecule has 0 saturated heterocycles. The SMILES string of the molecule is C=CCn1c(CNC(=O)C(=C)C)cnc1C. The van der Waals surface area contributed by atoms with Crippen LogP contribution in [-0.4, -0.2) is 15.5 Å². The first kappa shape index (κ1) is 12.2. The van der Waals surface area contributed by atoms with Crippen molar-refractivity contribution in [3.05, 3.63) is 42.5 Å². The van der Waals surface area contributed by atoms with Crippen LogP contribution in [0.2, 0.25) is 0 Å². The van der Waals surface area contributed by atoms with Crippen molar-refractivity contribution in [2.75, 3.05) is 0 Å². The second-order valence-electron chi connectivity index (χ2n) is 3.66.